The maximum atomic E-state index is 11.8. The van der Waals surface area contributed by atoms with E-state index in [1.54, 1.807) is 4.90 Å². The third-order valence-electron chi connectivity index (χ3n) is 3.60. The van der Waals surface area contributed by atoms with E-state index in [9.17, 15) is 4.79 Å². The zero-order valence-corrected chi connectivity index (χ0v) is 11.9. The molecule has 0 heterocycles. The average molecular weight is 248 g/mol. The number of carbonyl (C=O) groups excluding carboxylic acids is 1. The van der Waals surface area contributed by atoms with Crippen LogP contribution in [0.5, 0.6) is 0 Å². The average Bonchev–Trinajstić information content (AvgIpc) is 2.36. The second-order valence-electron chi connectivity index (χ2n) is 4.93. The van der Waals surface area contributed by atoms with Gasteiger partial charge in [-0.15, -0.1) is 0 Å². The lowest BCUT2D eigenvalue weighted by Gasteiger charge is -2.20. The number of nitrogens with zero attached hydrogens (tertiary/aromatic N) is 1. The van der Waals surface area contributed by atoms with Crippen molar-refractivity contribution in [1.82, 2.24) is 4.90 Å². The largest absolute Gasteiger partial charge is 0.341 e. The highest BCUT2D eigenvalue weighted by atomic mass is 16.2. The molecule has 2 N–H and O–H groups in total. The Morgan fingerprint density at radius 2 is 1.89 bits per heavy atom. The number of hydrogen-bond donors (Lipinski definition) is 1. The van der Waals surface area contributed by atoms with Crippen LogP contribution in [0.3, 0.4) is 0 Å². The molecule has 0 atom stereocenters. The summed E-state index contributed by atoms with van der Waals surface area (Å²) in [5.74, 6) is 0.165. The molecule has 0 saturated heterocycles. The van der Waals surface area contributed by atoms with Gasteiger partial charge >= 0.3 is 0 Å². The first-order chi connectivity index (χ1) is 8.47. The van der Waals surface area contributed by atoms with E-state index < -0.39 is 0 Å². The Kier molecular flexibility index (Phi) is 5.35. The molecule has 100 valence electrons. The summed E-state index contributed by atoms with van der Waals surface area (Å²) in [4.78, 5) is 13.6. The van der Waals surface area contributed by atoms with Crippen LogP contribution in [0.15, 0.2) is 12.1 Å². The minimum Gasteiger partial charge on any atom is -0.341 e. The molecular formula is C15H24N2O. The van der Waals surface area contributed by atoms with Gasteiger partial charge in [0.05, 0.1) is 0 Å². The van der Waals surface area contributed by atoms with Gasteiger partial charge in [-0.25, -0.2) is 0 Å². The van der Waals surface area contributed by atoms with Crippen molar-refractivity contribution in [2.24, 2.45) is 5.73 Å². The number of carbonyl (C=O) groups is 1. The number of amides is 1. The van der Waals surface area contributed by atoms with Gasteiger partial charge in [-0.2, -0.15) is 0 Å². The lowest BCUT2D eigenvalue weighted by molar-refractivity contribution is -0.130. The second kappa shape index (κ2) is 6.55. The van der Waals surface area contributed by atoms with Crippen molar-refractivity contribution in [2.75, 3.05) is 13.6 Å². The molecule has 0 aliphatic carbocycles. The SMILES string of the molecule is Cc1ccc(CN(C)C(=O)CCCN)c(C)c1C. The predicted molar refractivity (Wildman–Crippen MR) is 75.4 cm³/mol. The quantitative estimate of drug-likeness (QED) is 0.869. The van der Waals surface area contributed by atoms with Crippen molar-refractivity contribution >= 4 is 5.91 Å². The predicted octanol–water partition coefficient (Wildman–Crippen LogP) is 2.31. The molecule has 18 heavy (non-hydrogen) atoms. The Morgan fingerprint density at radius 1 is 1.22 bits per heavy atom. The van der Waals surface area contributed by atoms with Gasteiger partial charge < -0.3 is 10.6 Å². The zero-order valence-electron chi connectivity index (χ0n) is 11.9. The molecule has 1 amide bonds. The molecule has 0 aliphatic rings. The molecule has 3 nitrogen and oxygen atoms in total. The Labute approximate surface area is 110 Å². The molecule has 1 aromatic carbocycles. The van der Waals surface area contributed by atoms with E-state index in [0.717, 1.165) is 6.42 Å². The summed E-state index contributed by atoms with van der Waals surface area (Å²) >= 11 is 0. The Bertz CT molecular complexity index is 427. The third-order valence-corrected chi connectivity index (χ3v) is 3.60. The van der Waals surface area contributed by atoms with Crippen molar-refractivity contribution in [2.45, 2.75) is 40.2 Å². The maximum absolute atomic E-state index is 11.8. The van der Waals surface area contributed by atoms with Crippen molar-refractivity contribution in [3.8, 4) is 0 Å². The third kappa shape index (κ3) is 3.57. The smallest absolute Gasteiger partial charge is 0.222 e. The molecular weight excluding hydrogens is 224 g/mol. The summed E-state index contributed by atoms with van der Waals surface area (Å²) < 4.78 is 0. The first-order valence-corrected chi connectivity index (χ1v) is 6.47. The second-order valence-corrected chi connectivity index (χ2v) is 4.93. The van der Waals surface area contributed by atoms with E-state index in [4.69, 9.17) is 5.73 Å². The van der Waals surface area contributed by atoms with Crippen LogP contribution in [0.25, 0.3) is 0 Å². The molecule has 0 bridgehead atoms. The minimum absolute atomic E-state index is 0.165. The normalized spacial score (nSPS) is 10.5. The fourth-order valence-electron chi connectivity index (χ4n) is 1.97. The van der Waals surface area contributed by atoms with Crippen LogP contribution < -0.4 is 5.73 Å². The van der Waals surface area contributed by atoms with Crippen LogP contribution in [0.2, 0.25) is 0 Å². The van der Waals surface area contributed by atoms with Gasteiger partial charge in [0, 0.05) is 20.0 Å². The van der Waals surface area contributed by atoms with Crippen LogP contribution in [0, 0.1) is 20.8 Å². The van der Waals surface area contributed by atoms with E-state index in [0.29, 0.717) is 19.5 Å². The lowest BCUT2D eigenvalue weighted by atomic mass is 9.98. The van der Waals surface area contributed by atoms with Gasteiger partial charge in [0.25, 0.3) is 0 Å². The number of hydrogen-bond acceptors (Lipinski definition) is 2. The van der Waals surface area contributed by atoms with E-state index in [2.05, 4.69) is 32.9 Å². The fraction of sp³-hybridized carbons (Fsp3) is 0.533. The van der Waals surface area contributed by atoms with Crippen molar-refractivity contribution in [3.05, 3.63) is 34.4 Å². The highest BCUT2D eigenvalue weighted by Gasteiger charge is 2.11. The number of rotatable bonds is 5. The summed E-state index contributed by atoms with van der Waals surface area (Å²) in [6.45, 7) is 7.61. The standard InChI is InChI=1S/C15H24N2O/c1-11-7-8-14(13(3)12(11)2)10-17(4)15(18)6-5-9-16/h7-8H,5-6,9-10,16H2,1-4H3. The molecule has 0 aliphatic heterocycles. The molecule has 0 radical (unpaired) electrons. The summed E-state index contributed by atoms with van der Waals surface area (Å²) in [6.07, 6.45) is 1.30. The maximum Gasteiger partial charge on any atom is 0.222 e. The molecule has 0 fully saturated rings. The van der Waals surface area contributed by atoms with Crippen LogP contribution >= 0.6 is 0 Å². The van der Waals surface area contributed by atoms with Gasteiger partial charge in [-0.3, -0.25) is 4.79 Å². The molecule has 0 spiro atoms. The molecule has 0 aromatic heterocycles. The Morgan fingerprint density at radius 3 is 2.50 bits per heavy atom. The zero-order chi connectivity index (χ0) is 13.7. The van der Waals surface area contributed by atoms with Crippen LogP contribution in [0.1, 0.15) is 35.1 Å². The highest BCUT2D eigenvalue weighted by molar-refractivity contribution is 5.75. The topological polar surface area (TPSA) is 46.3 Å². The van der Waals surface area contributed by atoms with Crippen molar-refractivity contribution in [3.63, 3.8) is 0 Å². The van der Waals surface area contributed by atoms with Gasteiger partial charge in [-0.05, 0) is 56.0 Å². The Hall–Kier alpha value is -1.35. The summed E-state index contributed by atoms with van der Waals surface area (Å²) in [5, 5.41) is 0. The number of benzene rings is 1. The van der Waals surface area contributed by atoms with Crippen LogP contribution in [-0.2, 0) is 11.3 Å². The lowest BCUT2D eigenvalue weighted by Crippen LogP contribution is -2.27. The first kappa shape index (κ1) is 14.7. The summed E-state index contributed by atoms with van der Waals surface area (Å²) in [7, 11) is 1.85. The molecule has 0 unspecified atom stereocenters. The van der Waals surface area contributed by atoms with Gasteiger partial charge in [0.2, 0.25) is 5.91 Å². The van der Waals surface area contributed by atoms with E-state index in [1.807, 2.05) is 7.05 Å². The number of aryl methyl sites for hydroxylation is 1. The van der Waals surface area contributed by atoms with E-state index >= 15 is 0 Å². The van der Waals surface area contributed by atoms with E-state index in [1.165, 1.54) is 22.3 Å². The van der Waals surface area contributed by atoms with Gasteiger partial charge in [0.1, 0.15) is 0 Å². The Balaban J connectivity index is 2.73. The van der Waals surface area contributed by atoms with Gasteiger partial charge in [-0.1, -0.05) is 12.1 Å². The van der Waals surface area contributed by atoms with Crippen LogP contribution in [-0.4, -0.2) is 24.4 Å². The van der Waals surface area contributed by atoms with Crippen LogP contribution in [0.4, 0.5) is 0 Å². The molecule has 0 saturated carbocycles. The molecule has 1 aromatic rings. The molecule has 3 heteroatoms. The monoisotopic (exact) mass is 248 g/mol. The highest BCUT2D eigenvalue weighted by Crippen LogP contribution is 2.18. The first-order valence-electron chi connectivity index (χ1n) is 6.47. The number of nitrogens with two attached hydrogens (primary N) is 1. The summed E-state index contributed by atoms with van der Waals surface area (Å²) in [5.41, 5.74) is 10.5. The van der Waals surface area contributed by atoms with Crippen molar-refractivity contribution < 1.29 is 4.79 Å². The fourth-order valence-corrected chi connectivity index (χ4v) is 1.97. The summed E-state index contributed by atoms with van der Waals surface area (Å²) in [6, 6.07) is 4.24. The minimum atomic E-state index is 0.165. The van der Waals surface area contributed by atoms with E-state index in [-0.39, 0.29) is 5.91 Å². The van der Waals surface area contributed by atoms with Gasteiger partial charge in [0.15, 0.2) is 0 Å². The van der Waals surface area contributed by atoms with Crippen molar-refractivity contribution in [1.29, 1.82) is 0 Å². The molecule has 1 rings (SSSR count).